The van der Waals surface area contributed by atoms with E-state index < -0.39 is 17.9 Å². The van der Waals surface area contributed by atoms with Crippen molar-refractivity contribution in [2.45, 2.75) is 31.8 Å². The number of carbonyl (C=O) groups is 6. The number of imide groups is 1. The van der Waals surface area contributed by atoms with E-state index in [1.54, 1.807) is 71.6 Å². The molecule has 4 aromatic rings. The van der Waals surface area contributed by atoms with E-state index in [0.29, 0.717) is 72.0 Å². The largest absolute Gasteiger partial charge is 0.382 e. The van der Waals surface area contributed by atoms with Gasteiger partial charge in [0.15, 0.2) is 11.5 Å². The van der Waals surface area contributed by atoms with Gasteiger partial charge in [0.1, 0.15) is 6.04 Å². The van der Waals surface area contributed by atoms with Gasteiger partial charge in [0.2, 0.25) is 17.7 Å². The number of carbonyl (C=O) groups excluding carboxylic acids is 6. The second-order valence-electron chi connectivity index (χ2n) is 13.1. The molecule has 0 bridgehead atoms. The summed E-state index contributed by atoms with van der Waals surface area (Å²) in [4.78, 5) is 90.2. The molecule has 3 aromatic carbocycles. The SMILES string of the molecule is Nc1ncc(-c2ccc(C(=O)N3CCN(CCC(=O)Nc4cccc5c4CN(C4CCC(=O)NC4=O)C5=O)CC3)cc2)nc1C(=O)Nc1ccccc1. The number of hydrogen-bond donors (Lipinski definition) is 4. The number of piperidine rings is 1. The van der Waals surface area contributed by atoms with Crippen molar-refractivity contribution in [1.82, 2.24) is 30.0 Å². The second-order valence-corrected chi connectivity index (χ2v) is 13.1. The summed E-state index contributed by atoms with van der Waals surface area (Å²) in [7, 11) is 0. The maximum atomic E-state index is 13.3. The molecule has 2 saturated heterocycles. The van der Waals surface area contributed by atoms with Crippen molar-refractivity contribution in [3.8, 4) is 11.3 Å². The predicted octanol–water partition coefficient (Wildman–Crippen LogP) is 2.53. The van der Waals surface area contributed by atoms with Crippen LogP contribution >= 0.6 is 0 Å². The van der Waals surface area contributed by atoms with Gasteiger partial charge in [-0.3, -0.25) is 39.0 Å². The number of nitrogen functional groups attached to an aromatic ring is 1. The normalized spacial score (nSPS) is 17.3. The molecule has 1 atom stereocenters. The molecule has 0 radical (unpaired) electrons. The molecule has 6 amide bonds. The van der Waals surface area contributed by atoms with E-state index in [2.05, 4.69) is 30.8 Å². The fourth-order valence-electron chi connectivity index (χ4n) is 6.73. The Kier molecular flexibility index (Phi) is 9.90. The summed E-state index contributed by atoms with van der Waals surface area (Å²) in [6, 6.07) is 20.3. The molecule has 4 heterocycles. The third-order valence-corrected chi connectivity index (χ3v) is 9.65. The first-order valence-corrected chi connectivity index (χ1v) is 17.3. The topological polar surface area (TPSA) is 200 Å². The van der Waals surface area contributed by atoms with Crippen molar-refractivity contribution < 1.29 is 28.8 Å². The molecule has 270 valence electrons. The van der Waals surface area contributed by atoms with Crippen molar-refractivity contribution in [2.24, 2.45) is 0 Å². The van der Waals surface area contributed by atoms with Crippen LogP contribution < -0.4 is 21.7 Å². The Morgan fingerprint density at radius 2 is 1.64 bits per heavy atom. The number of amides is 6. The molecule has 15 nitrogen and oxygen atoms in total. The van der Waals surface area contributed by atoms with Crippen LogP contribution in [0.2, 0.25) is 0 Å². The van der Waals surface area contributed by atoms with E-state index in [1.807, 2.05) is 6.07 Å². The highest BCUT2D eigenvalue weighted by Crippen LogP contribution is 2.32. The van der Waals surface area contributed by atoms with Crippen LogP contribution in [0, 0.1) is 0 Å². The Morgan fingerprint density at radius 3 is 2.38 bits per heavy atom. The highest BCUT2D eigenvalue weighted by molar-refractivity contribution is 6.07. The average molecular weight is 716 g/mol. The van der Waals surface area contributed by atoms with Gasteiger partial charge in [-0.25, -0.2) is 9.97 Å². The fraction of sp³-hybridized carbons (Fsp3) is 0.263. The van der Waals surface area contributed by atoms with Gasteiger partial charge in [0.05, 0.1) is 11.9 Å². The third kappa shape index (κ3) is 7.60. The monoisotopic (exact) mass is 715 g/mol. The molecule has 15 heteroatoms. The Morgan fingerprint density at radius 1 is 0.887 bits per heavy atom. The summed E-state index contributed by atoms with van der Waals surface area (Å²) in [5, 5.41) is 7.99. The number of para-hydroxylation sites is 1. The number of anilines is 3. The molecule has 3 aliphatic heterocycles. The van der Waals surface area contributed by atoms with Crippen LogP contribution in [-0.4, -0.2) is 98.9 Å². The molecule has 7 rings (SSSR count). The highest BCUT2D eigenvalue weighted by atomic mass is 16.2. The Bertz CT molecular complexity index is 2100. The van der Waals surface area contributed by atoms with Crippen molar-refractivity contribution in [3.05, 3.63) is 101 Å². The number of nitrogens with zero attached hydrogens (tertiary/aromatic N) is 5. The lowest BCUT2D eigenvalue weighted by Crippen LogP contribution is -2.52. The van der Waals surface area contributed by atoms with Crippen LogP contribution in [-0.2, 0) is 20.9 Å². The molecule has 1 aromatic heterocycles. The lowest BCUT2D eigenvalue weighted by Gasteiger charge is -2.34. The number of nitrogens with one attached hydrogen (secondary N) is 3. The van der Waals surface area contributed by atoms with Crippen LogP contribution in [0.5, 0.6) is 0 Å². The van der Waals surface area contributed by atoms with E-state index in [0.717, 1.165) is 0 Å². The number of nitrogens with two attached hydrogens (primary N) is 1. The van der Waals surface area contributed by atoms with Crippen molar-refractivity contribution in [2.75, 3.05) is 49.1 Å². The summed E-state index contributed by atoms with van der Waals surface area (Å²) >= 11 is 0. The standard InChI is InChI=1S/C38H37N9O6/c39-34-33(36(51)41-25-5-2-1-3-6-25)43-29(21-40-34)23-9-11-24(12-10-23)37(52)46-19-17-45(18-20-46)16-15-32(49)42-28-8-4-7-26-27(28)22-47(38(26)53)30-13-14-31(48)44-35(30)50/h1-12,21,30H,13-20,22H2,(H2,39,40)(H,41,51)(H,42,49)(H,44,48,50). The van der Waals surface area contributed by atoms with E-state index in [-0.39, 0.29) is 60.9 Å². The summed E-state index contributed by atoms with van der Waals surface area (Å²) < 4.78 is 0. The van der Waals surface area contributed by atoms with E-state index in [1.165, 1.54) is 11.1 Å². The lowest BCUT2D eigenvalue weighted by atomic mass is 10.0. The summed E-state index contributed by atoms with van der Waals surface area (Å²) in [6.07, 6.45) is 2.12. The average Bonchev–Trinajstić information content (AvgIpc) is 3.51. The summed E-state index contributed by atoms with van der Waals surface area (Å²) in [5.41, 5.74) is 9.78. The van der Waals surface area contributed by atoms with Crippen LogP contribution in [0.25, 0.3) is 11.3 Å². The summed E-state index contributed by atoms with van der Waals surface area (Å²) in [5.74, 6) is -1.93. The molecule has 0 spiro atoms. The molecule has 0 aliphatic carbocycles. The van der Waals surface area contributed by atoms with Gasteiger partial charge >= 0.3 is 0 Å². The van der Waals surface area contributed by atoms with Gasteiger partial charge in [0, 0.05) is 85.7 Å². The van der Waals surface area contributed by atoms with Gasteiger partial charge < -0.3 is 26.2 Å². The van der Waals surface area contributed by atoms with Gasteiger partial charge in [-0.15, -0.1) is 0 Å². The number of aromatic nitrogens is 2. The van der Waals surface area contributed by atoms with Crippen LogP contribution in [0.4, 0.5) is 17.2 Å². The molecule has 3 aliphatic rings. The van der Waals surface area contributed by atoms with Crippen LogP contribution in [0.3, 0.4) is 0 Å². The molecular formula is C38H37N9O6. The number of piperazine rings is 1. The molecular weight excluding hydrogens is 678 g/mol. The minimum absolute atomic E-state index is 0.000271. The predicted molar refractivity (Wildman–Crippen MR) is 194 cm³/mol. The minimum Gasteiger partial charge on any atom is -0.382 e. The van der Waals surface area contributed by atoms with Gasteiger partial charge in [-0.05, 0) is 42.8 Å². The quantitative estimate of drug-likeness (QED) is 0.187. The molecule has 5 N–H and O–H groups in total. The molecule has 53 heavy (non-hydrogen) atoms. The fourth-order valence-corrected chi connectivity index (χ4v) is 6.73. The Labute approximate surface area is 304 Å². The van der Waals surface area contributed by atoms with Crippen molar-refractivity contribution in [1.29, 1.82) is 0 Å². The number of fused-ring (bicyclic) bond motifs is 1. The third-order valence-electron chi connectivity index (χ3n) is 9.65. The van der Waals surface area contributed by atoms with Crippen molar-refractivity contribution >= 4 is 52.6 Å². The van der Waals surface area contributed by atoms with Gasteiger partial charge in [-0.2, -0.15) is 0 Å². The smallest absolute Gasteiger partial charge is 0.278 e. The maximum absolute atomic E-state index is 13.3. The maximum Gasteiger partial charge on any atom is 0.278 e. The van der Waals surface area contributed by atoms with Crippen molar-refractivity contribution in [3.63, 3.8) is 0 Å². The zero-order valence-electron chi connectivity index (χ0n) is 28.7. The number of rotatable bonds is 9. The lowest BCUT2D eigenvalue weighted by molar-refractivity contribution is -0.137. The van der Waals surface area contributed by atoms with E-state index >= 15 is 0 Å². The molecule has 2 fully saturated rings. The van der Waals surface area contributed by atoms with Crippen LogP contribution in [0.1, 0.15) is 56.0 Å². The van der Waals surface area contributed by atoms with Gasteiger partial charge in [0.25, 0.3) is 17.7 Å². The first-order chi connectivity index (χ1) is 25.6. The zero-order chi connectivity index (χ0) is 37.1. The Hall–Kier alpha value is -6.48. The second kappa shape index (κ2) is 15.0. The first-order valence-electron chi connectivity index (χ1n) is 17.3. The first kappa shape index (κ1) is 34.9. The highest BCUT2D eigenvalue weighted by Gasteiger charge is 2.40. The number of hydrogen-bond acceptors (Lipinski definition) is 10. The summed E-state index contributed by atoms with van der Waals surface area (Å²) in [6.45, 7) is 2.85. The van der Waals surface area contributed by atoms with E-state index in [4.69, 9.17) is 5.73 Å². The minimum atomic E-state index is -0.736. The molecule has 1 unspecified atom stereocenters. The van der Waals surface area contributed by atoms with Crippen LogP contribution in [0.15, 0.2) is 79.0 Å². The van der Waals surface area contributed by atoms with E-state index in [9.17, 15) is 28.8 Å². The van der Waals surface area contributed by atoms with Gasteiger partial charge in [-0.1, -0.05) is 36.4 Å². The number of benzene rings is 3. The zero-order valence-corrected chi connectivity index (χ0v) is 28.7. The molecule has 0 saturated carbocycles. The Balaban J connectivity index is 0.891.